The van der Waals surface area contributed by atoms with Crippen molar-refractivity contribution in [1.82, 2.24) is 0 Å². The fraction of sp³-hybridized carbons (Fsp3) is 0.455. The second kappa shape index (κ2) is 4.54. The van der Waals surface area contributed by atoms with Crippen LogP contribution < -0.4 is 14.6 Å². The van der Waals surface area contributed by atoms with Gasteiger partial charge in [-0.25, -0.2) is 13.6 Å². The van der Waals surface area contributed by atoms with Gasteiger partial charge in [0.1, 0.15) is 11.5 Å². The molecular weight excluding hydrogens is 242 g/mol. The SMILES string of the molecule is COc1cccc(OCC2CC2)c1S(N)(=O)=O. The van der Waals surface area contributed by atoms with E-state index in [1.54, 1.807) is 18.2 Å². The minimum Gasteiger partial charge on any atom is -0.495 e. The second-order valence-electron chi connectivity index (χ2n) is 4.09. The molecule has 1 aromatic carbocycles. The van der Waals surface area contributed by atoms with Crippen LogP contribution in [0.4, 0.5) is 0 Å². The third kappa shape index (κ3) is 2.89. The highest BCUT2D eigenvalue weighted by Gasteiger charge is 2.25. The standard InChI is InChI=1S/C11H15NO4S/c1-15-9-3-2-4-10(11(9)17(12,13)14)16-7-8-5-6-8/h2-4,8H,5-7H2,1H3,(H2,12,13,14). The van der Waals surface area contributed by atoms with E-state index < -0.39 is 10.0 Å². The van der Waals surface area contributed by atoms with Crippen molar-refractivity contribution >= 4 is 10.0 Å². The van der Waals surface area contributed by atoms with E-state index in [1.807, 2.05) is 0 Å². The van der Waals surface area contributed by atoms with Gasteiger partial charge in [0.15, 0.2) is 4.90 Å². The van der Waals surface area contributed by atoms with Crippen molar-refractivity contribution in [3.63, 3.8) is 0 Å². The lowest BCUT2D eigenvalue weighted by Crippen LogP contribution is -2.15. The van der Waals surface area contributed by atoms with Gasteiger partial charge in [-0.3, -0.25) is 0 Å². The van der Waals surface area contributed by atoms with E-state index in [2.05, 4.69) is 0 Å². The van der Waals surface area contributed by atoms with Crippen LogP contribution in [0.1, 0.15) is 12.8 Å². The number of benzene rings is 1. The second-order valence-corrected chi connectivity index (χ2v) is 5.59. The Bertz CT molecular complexity index is 508. The van der Waals surface area contributed by atoms with Crippen LogP contribution in [0.3, 0.4) is 0 Å². The molecule has 1 aromatic rings. The van der Waals surface area contributed by atoms with Crippen LogP contribution in [0.2, 0.25) is 0 Å². The lowest BCUT2D eigenvalue weighted by atomic mass is 10.3. The zero-order chi connectivity index (χ0) is 12.5. The summed E-state index contributed by atoms with van der Waals surface area (Å²) < 4.78 is 33.5. The van der Waals surface area contributed by atoms with E-state index in [9.17, 15) is 8.42 Å². The van der Waals surface area contributed by atoms with Gasteiger partial charge in [0.2, 0.25) is 10.0 Å². The van der Waals surface area contributed by atoms with E-state index in [-0.39, 0.29) is 16.4 Å². The van der Waals surface area contributed by atoms with Crippen LogP contribution in [-0.2, 0) is 10.0 Å². The number of sulfonamides is 1. The van der Waals surface area contributed by atoms with Crippen molar-refractivity contribution < 1.29 is 17.9 Å². The minimum atomic E-state index is -3.85. The van der Waals surface area contributed by atoms with Crippen molar-refractivity contribution in [1.29, 1.82) is 0 Å². The average molecular weight is 257 g/mol. The largest absolute Gasteiger partial charge is 0.495 e. The fourth-order valence-corrected chi connectivity index (χ4v) is 2.38. The first-order valence-electron chi connectivity index (χ1n) is 5.35. The van der Waals surface area contributed by atoms with Gasteiger partial charge in [0, 0.05) is 0 Å². The quantitative estimate of drug-likeness (QED) is 0.857. The Kier molecular flexibility index (Phi) is 3.26. The number of rotatable bonds is 5. The normalized spacial score (nSPS) is 15.6. The maximum atomic E-state index is 11.5. The summed E-state index contributed by atoms with van der Waals surface area (Å²) in [4.78, 5) is -0.0804. The maximum Gasteiger partial charge on any atom is 0.245 e. The molecule has 0 saturated heterocycles. The molecule has 2 rings (SSSR count). The lowest BCUT2D eigenvalue weighted by Gasteiger charge is -2.12. The predicted molar refractivity (Wildman–Crippen MR) is 62.6 cm³/mol. The van der Waals surface area contributed by atoms with Gasteiger partial charge in [0.25, 0.3) is 0 Å². The lowest BCUT2D eigenvalue weighted by molar-refractivity contribution is 0.287. The van der Waals surface area contributed by atoms with Gasteiger partial charge >= 0.3 is 0 Å². The number of methoxy groups -OCH3 is 1. The van der Waals surface area contributed by atoms with E-state index in [4.69, 9.17) is 14.6 Å². The number of primary sulfonamides is 1. The van der Waals surface area contributed by atoms with E-state index in [0.717, 1.165) is 12.8 Å². The van der Waals surface area contributed by atoms with Crippen LogP contribution in [0.5, 0.6) is 11.5 Å². The van der Waals surface area contributed by atoms with Gasteiger partial charge in [-0.15, -0.1) is 0 Å². The van der Waals surface area contributed by atoms with Crippen molar-refractivity contribution in [2.75, 3.05) is 13.7 Å². The van der Waals surface area contributed by atoms with E-state index >= 15 is 0 Å². The molecule has 0 aliphatic heterocycles. The third-order valence-corrected chi connectivity index (χ3v) is 3.59. The molecule has 1 fully saturated rings. The molecule has 0 radical (unpaired) electrons. The van der Waals surface area contributed by atoms with Crippen LogP contribution in [0, 0.1) is 5.92 Å². The minimum absolute atomic E-state index is 0.0804. The molecule has 94 valence electrons. The Morgan fingerprint density at radius 3 is 2.53 bits per heavy atom. The average Bonchev–Trinajstić information content (AvgIpc) is 3.08. The van der Waals surface area contributed by atoms with Crippen molar-refractivity contribution in [3.05, 3.63) is 18.2 Å². The summed E-state index contributed by atoms with van der Waals surface area (Å²) in [5, 5.41) is 5.17. The smallest absolute Gasteiger partial charge is 0.245 e. The molecule has 0 unspecified atom stereocenters. The van der Waals surface area contributed by atoms with Gasteiger partial charge in [-0.2, -0.15) is 0 Å². The Hall–Kier alpha value is -1.27. The summed E-state index contributed by atoms with van der Waals surface area (Å²) in [6.45, 7) is 0.523. The van der Waals surface area contributed by atoms with Gasteiger partial charge < -0.3 is 9.47 Å². The van der Waals surface area contributed by atoms with Crippen LogP contribution in [0.15, 0.2) is 23.1 Å². The van der Waals surface area contributed by atoms with Gasteiger partial charge in [-0.05, 0) is 30.9 Å². The molecule has 0 amide bonds. The number of hydrogen-bond acceptors (Lipinski definition) is 4. The Morgan fingerprint density at radius 1 is 1.35 bits per heavy atom. The van der Waals surface area contributed by atoms with Crippen molar-refractivity contribution in [2.45, 2.75) is 17.7 Å². The van der Waals surface area contributed by atoms with Crippen molar-refractivity contribution in [2.24, 2.45) is 11.1 Å². The van der Waals surface area contributed by atoms with Crippen LogP contribution >= 0.6 is 0 Å². The molecule has 17 heavy (non-hydrogen) atoms. The predicted octanol–water partition coefficient (Wildman–Crippen LogP) is 1.13. The number of nitrogens with two attached hydrogens (primary N) is 1. The highest BCUT2D eigenvalue weighted by atomic mass is 32.2. The van der Waals surface area contributed by atoms with E-state index in [1.165, 1.54) is 7.11 Å². The molecule has 0 atom stereocenters. The first-order valence-corrected chi connectivity index (χ1v) is 6.89. The van der Waals surface area contributed by atoms with Crippen LogP contribution in [0.25, 0.3) is 0 Å². The van der Waals surface area contributed by atoms with Gasteiger partial charge in [0.05, 0.1) is 13.7 Å². The summed E-state index contributed by atoms with van der Waals surface area (Å²) in [5.41, 5.74) is 0. The number of hydrogen-bond donors (Lipinski definition) is 1. The van der Waals surface area contributed by atoms with Crippen LogP contribution in [-0.4, -0.2) is 22.1 Å². The zero-order valence-corrected chi connectivity index (χ0v) is 10.4. The molecule has 1 saturated carbocycles. The molecule has 2 N–H and O–H groups in total. The molecule has 0 bridgehead atoms. The molecule has 1 aliphatic carbocycles. The molecule has 6 heteroatoms. The Morgan fingerprint density at radius 2 is 2.00 bits per heavy atom. The van der Waals surface area contributed by atoms with E-state index in [0.29, 0.717) is 12.5 Å². The first-order chi connectivity index (χ1) is 8.02. The van der Waals surface area contributed by atoms with Crippen molar-refractivity contribution in [3.8, 4) is 11.5 Å². The molecular formula is C11H15NO4S. The summed E-state index contributed by atoms with van der Waals surface area (Å²) in [7, 11) is -2.46. The molecule has 0 spiro atoms. The zero-order valence-electron chi connectivity index (χ0n) is 9.55. The Labute approximate surface area is 101 Å². The molecule has 5 nitrogen and oxygen atoms in total. The fourth-order valence-electron chi connectivity index (χ4n) is 1.54. The third-order valence-electron chi connectivity index (χ3n) is 2.62. The summed E-state index contributed by atoms with van der Waals surface area (Å²) >= 11 is 0. The summed E-state index contributed by atoms with van der Waals surface area (Å²) in [6, 6.07) is 4.81. The highest BCUT2D eigenvalue weighted by Crippen LogP contribution is 2.34. The maximum absolute atomic E-state index is 11.5. The number of ether oxygens (including phenoxy) is 2. The monoisotopic (exact) mass is 257 g/mol. The molecule has 0 heterocycles. The first kappa shape index (κ1) is 12.2. The van der Waals surface area contributed by atoms with Gasteiger partial charge in [-0.1, -0.05) is 6.07 Å². The Balaban J connectivity index is 2.34. The summed E-state index contributed by atoms with van der Waals surface area (Å²) in [5.74, 6) is 1.01. The summed E-state index contributed by atoms with van der Waals surface area (Å²) in [6.07, 6.45) is 2.27. The molecule has 1 aliphatic rings. The topological polar surface area (TPSA) is 78.6 Å². The molecule has 0 aromatic heterocycles. The highest BCUT2D eigenvalue weighted by molar-refractivity contribution is 7.89.